The number of benzene rings is 1. The number of aryl methyl sites for hydroxylation is 1. The van der Waals surface area contributed by atoms with Crippen LogP contribution in [0.15, 0.2) is 24.3 Å². The van der Waals surface area contributed by atoms with Gasteiger partial charge < -0.3 is 22.1 Å². The summed E-state index contributed by atoms with van der Waals surface area (Å²) in [6, 6.07) is 6.28. The Balaban J connectivity index is 1.77. The van der Waals surface area contributed by atoms with E-state index < -0.39 is 23.9 Å². The molecule has 136 valence electrons. The largest absolute Gasteiger partial charge is 0.367 e. The summed E-state index contributed by atoms with van der Waals surface area (Å²) < 4.78 is 0. The Bertz CT molecular complexity index is 627. The molecule has 0 aliphatic carbocycles. The van der Waals surface area contributed by atoms with E-state index in [0.29, 0.717) is 0 Å². The highest BCUT2D eigenvalue weighted by Crippen LogP contribution is 2.14. The number of piperidine rings is 1. The summed E-state index contributed by atoms with van der Waals surface area (Å²) in [5.74, 6) is -1.95. The fourth-order valence-electron chi connectivity index (χ4n) is 2.94. The number of nitrogens with zero attached hydrogens (tertiary/aromatic N) is 1. The number of nitrogens with two attached hydrogens (primary N) is 2. The molecule has 2 rings (SSSR count). The zero-order valence-corrected chi connectivity index (χ0v) is 14.3. The third kappa shape index (κ3) is 5.75. The van der Waals surface area contributed by atoms with E-state index in [2.05, 4.69) is 46.7 Å². The highest BCUT2D eigenvalue weighted by Gasteiger charge is 2.26. The fourth-order valence-corrected chi connectivity index (χ4v) is 2.94. The van der Waals surface area contributed by atoms with Gasteiger partial charge in [0.2, 0.25) is 11.8 Å². The average Bonchev–Trinajstić information content (AvgIpc) is 2.54. The molecule has 1 saturated heterocycles. The van der Waals surface area contributed by atoms with Crippen molar-refractivity contribution < 1.29 is 14.4 Å². The average molecular weight is 347 g/mol. The highest BCUT2D eigenvalue weighted by atomic mass is 16.2. The predicted molar refractivity (Wildman–Crippen MR) is 93.3 cm³/mol. The van der Waals surface area contributed by atoms with E-state index in [1.54, 1.807) is 0 Å². The number of nitrogens with one attached hydrogen (secondary N) is 2. The van der Waals surface area contributed by atoms with Crippen LogP contribution in [0.5, 0.6) is 0 Å². The van der Waals surface area contributed by atoms with Gasteiger partial charge >= 0.3 is 6.03 Å². The molecule has 0 unspecified atom stereocenters. The third-order valence-electron chi connectivity index (χ3n) is 4.26. The SMILES string of the molecule is Cc1cccc(CN2CCC(NC(=O)NC(C(N)=O)C(N)=O)CC2)c1. The van der Waals surface area contributed by atoms with Gasteiger partial charge in [-0.05, 0) is 25.3 Å². The molecule has 0 atom stereocenters. The van der Waals surface area contributed by atoms with Crippen LogP contribution in [0.1, 0.15) is 24.0 Å². The van der Waals surface area contributed by atoms with Crippen LogP contribution in [0.2, 0.25) is 0 Å². The molecule has 0 saturated carbocycles. The van der Waals surface area contributed by atoms with Crippen molar-refractivity contribution in [2.45, 2.75) is 38.4 Å². The molecule has 1 fully saturated rings. The molecule has 0 radical (unpaired) electrons. The molecule has 0 spiro atoms. The van der Waals surface area contributed by atoms with Crippen molar-refractivity contribution in [2.24, 2.45) is 11.5 Å². The maximum absolute atomic E-state index is 11.9. The monoisotopic (exact) mass is 347 g/mol. The van der Waals surface area contributed by atoms with Crippen molar-refractivity contribution in [1.29, 1.82) is 0 Å². The summed E-state index contributed by atoms with van der Waals surface area (Å²) >= 11 is 0. The molecule has 1 aliphatic heterocycles. The Kier molecular flexibility index (Phi) is 6.35. The molecule has 8 nitrogen and oxygen atoms in total. The first kappa shape index (κ1) is 18.7. The summed E-state index contributed by atoms with van der Waals surface area (Å²) in [4.78, 5) is 36.4. The maximum atomic E-state index is 11.9. The van der Waals surface area contributed by atoms with Gasteiger partial charge in [-0.3, -0.25) is 14.5 Å². The minimum atomic E-state index is -1.50. The van der Waals surface area contributed by atoms with Crippen molar-refractivity contribution in [3.05, 3.63) is 35.4 Å². The van der Waals surface area contributed by atoms with E-state index in [0.717, 1.165) is 32.5 Å². The first-order valence-corrected chi connectivity index (χ1v) is 8.28. The molecule has 8 heteroatoms. The number of amides is 4. The molecule has 25 heavy (non-hydrogen) atoms. The number of hydrogen-bond acceptors (Lipinski definition) is 4. The van der Waals surface area contributed by atoms with E-state index in [9.17, 15) is 14.4 Å². The second-order valence-electron chi connectivity index (χ2n) is 6.40. The normalized spacial score (nSPS) is 15.8. The Labute approximate surface area is 146 Å². The highest BCUT2D eigenvalue weighted by molar-refractivity contribution is 6.05. The third-order valence-corrected chi connectivity index (χ3v) is 4.26. The lowest BCUT2D eigenvalue weighted by molar-refractivity contribution is -0.128. The molecule has 0 aromatic heterocycles. The second-order valence-corrected chi connectivity index (χ2v) is 6.40. The zero-order valence-electron chi connectivity index (χ0n) is 14.3. The van der Waals surface area contributed by atoms with E-state index in [-0.39, 0.29) is 6.04 Å². The van der Waals surface area contributed by atoms with Gasteiger partial charge in [-0.15, -0.1) is 0 Å². The van der Waals surface area contributed by atoms with Crippen molar-refractivity contribution >= 4 is 17.8 Å². The Hall–Kier alpha value is -2.61. The lowest BCUT2D eigenvalue weighted by Crippen LogP contribution is -2.57. The number of carbonyl (C=O) groups is 3. The van der Waals surface area contributed by atoms with E-state index in [1.807, 2.05) is 0 Å². The lowest BCUT2D eigenvalue weighted by Gasteiger charge is -2.32. The lowest BCUT2D eigenvalue weighted by atomic mass is 10.0. The zero-order chi connectivity index (χ0) is 18.4. The summed E-state index contributed by atoms with van der Waals surface area (Å²) in [5.41, 5.74) is 12.6. The molecule has 0 bridgehead atoms. The molecular formula is C17H25N5O3. The maximum Gasteiger partial charge on any atom is 0.316 e. The van der Waals surface area contributed by atoms with Crippen molar-refractivity contribution in [3.8, 4) is 0 Å². The first-order chi connectivity index (χ1) is 11.8. The van der Waals surface area contributed by atoms with E-state index >= 15 is 0 Å². The standard InChI is InChI=1S/C17H25N5O3/c1-11-3-2-4-12(9-11)10-22-7-5-13(6-8-22)20-17(25)21-14(15(18)23)16(19)24/h2-4,9,13-14H,5-8,10H2,1H3,(H2,18,23)(H2,19,24)(H2,20,21,25). The van der Waals surface area contributed by atoms with Crippen LogP contribution in [0.25, 0.3) is 0 Å². The van der Waals surface area contributed by atoms with Crippen LogP contribution in [0, 0.1) is 6.92 Å². The van der Waals surface area contributed by atoms with Gasteiger partial charge in [-0.1, -0.05) is 29.8 Å². The Morgan fingerprint density at radius 2 is 1.84 bits per heavy atom. The van der Waals surface area contributed by atoms with Gasteiger partial charge in [-0.25, -0.2) is 4.79 Å². The van der Waals surface area contributed by atoms with Crippen molar-refractivity contribution in [1.82, 2.24) is 15.5 Å². The van der Waals surface area contributed by atoms with Crippen molar-refractivity contribution in [2.75, 3.05) is 13.1 Å². The number of likely N-dealkylation sites (tertiary alicyclic amines) is 1. The molecule has 1 aliphatic rings. The van der Waals surface area contributed by atoms with Gasteiger partial charge in [0, 0.05) is 25.7 Å². The molecule has 4 amide bonds. The number of carbonyl (C=O) groups excluding carboxylic acids is 3. The number of urea groups is 1. The van der Waals surface area contributed by atoms with Gasteiger partial charge in [0.1, 0.15) is 0 Å². The van der Waals surface area contributed by atoms with Crippen molar-refractivity contribution in [3.63, 3.8) is 0 Å². The summed E-state index contributed by atoms with van der Waals surface area (Å²) in [6.45, 7) is 4.66. The van der Waals surface area contributed by atoms with Crippen LogP contribution in [0.3, 0.4) is 0 Å². The first-order valence-electron chi connectivity index (χ1n) is 8.28. The fraction of sp³-hybridized carbons (Fsp3) is 0.471. The van der Waals surface area contributed by atoms with Gasteiger partial charge in [-0.2, -0.15) is 0 Å². The molecule has 1 heterocycles. The minimum Gasteiger partial charge on any atom is -0.367 e. The van der Waals surface area contributed by atoms with Crippen LogP contribution in [-0.2, 0) is 16.1 Å². The predicted octanol–water partition coefficient (Wildman–Crippen LogP) is -0.402. The number of primary amides is 2. The smallest absolute Gasteiger partial charge is 0.316 e. The van der Waals surface area contributed by atoms with E-state index in [1.165, 1.54) is 11.1 Å². The molecule has 6 N–H and O–H groups in total. The van der Waals surface area contributed by atoms with Gasteiger partial charge in [0.15, 0.2) is 6.04 Å². The van der Waals surface area contributed by atoms with Gasteiger partial charge in [0.05, 0.1) is 0 Å². The summed E-state index contributed by atoms with van der Waals surface area (Å²) in [7, 11) is 0. The topological polar surface area (TPSA) is 131 Å². The number of hydrogen-bond donors (Lipinski definition) is 4. The molecular weight excluding hydrogens is 322 g/mol. The van der Waals surface area contributed by atoms with E-state index in [4.69, 9.17) is 11.5 Å². The Morgan fingerprint density at radius 3 is 2.40 bits per heavy atom. The Morgan fingerprint density at radius 1 is 1.20 bits per heavy atom. The van der Waals surface area contributed by atoms with Crippen LogP contribution in [-0.4, -0.2) is 47.9 Å². The summed E-state index contributed by atoms with van der Waals surface area (Å²) in [6.07, 6.45) is 1.58. The number of rotatable bonds is 6. The second kappa shape index (κ2) is 8.48. The molecule has 1 aromatic rings. The van der Waals surface area contributed by atoms with Gasteiger partial charge in [0.25, 0.3) is 0 Å². The van der Waals surface area contributed by atoms with Crippen LogP contribution in [0.4, 0.5) is 4.79 Å². The summed E-state index contributed by atoms with van der Waals surface area (Å²) in [5, 5.41) is 4.97. The minimum absolute atomic E-state index is 0.0184. The van der Waals surface area contributed by atoms with Crippen LogP contribution < -0.4 is 22.1 Å². The quantitative estimate of drug-likeness (QED) is 0.521. The van der Waals surface area contributed by atoms with Crippen LogP contribution >= 0.6 is 0 Å². The molecule has 1 aromatic carbocycles.